The summed E-state index contributed by atoms with van der Waals surface area (Å²) in [5.41, 5.74) is 6.05. The molecular formula is C12H14N2O4. The number of para-hydroxylation sites is 1. The largest absolute Gasteiger partial charge is 0.426 e. The number of amides is 2. The highest BCUT2D eigenvalue weighted by Gasteiger charge is 2.20. The van der Waals surface area contributed by atoms with Gasteiger partial charge in [0.15, 0.2) is 0 Å². The first kappa shape index (κ1) is 13.9. The molecule has 0 spiro atoms. The second-order valence-electron chi connectivity index (χ2n) is 3.65. The van der Waals surface area contributed by atoms with Gasteiger partial charge in [0.25, 0.3) is 0 Å². The van der Waals surface area contributed by atoms with Gasteiger partial charge in [0.05, 0.1) is 0 Å². The lowest BCUT2D eigenvalue weighted by molar-refractivity contribution is -0.133. The van der Waals surface area contributed by atoms with E-state index in [-0.39, 0.29) is 5.75 Å². The fourth-order valence-corrected chi connectivity index (χ4v) is 1.38. The van der Waals surface area contributed by atoms with E-state index in [9.17, 15) is 14.4 Å². The highest BCUT2D eigenvalue weighted by Crippen LogP contribution is 2.23. The first-order valence-corrected chi connectivity index (χ1v) is 5.26. The minimum Gasteiger partial charge on any atom is -0.426 e. The molecule has 0 aromatic heterocycles. The molecule has 96 valence electrons. The Balaban J connectivity index is 2.97. The Hall–Kier alpha value is -2.21. The van der Waals surface area contributed by atoms with Crippen molar-refractivity contribution in [2.45, 2.75) is 19.9 Å². The van der Waals surface area contributed by atoms with Crippen molar-refractivity contribution in [3.63, 3.8) is 0 Å². The van der Waals surface area contributed by atoms with Crippen LogP contribution in [0.4, 0.5) is 0 Å². The molecule has 6 heteroatoms. The molecule has 0 saturated carbocycles. The molecule has 0 saturated heterocycles. The molecule has 0 aliphatic rings. The molecule has 0 aliphatic heterocycles. The van der Waals surface area contributed by atoms with E-state index in [4.69, 9.17) is 10.5 Å². The standard InChI is InChI=1S/C12H14N2O4/c1-7(15)14-12(17)11(13)9-5-3-4-6-10(9)18-8(2)16/h3-6,11H,13H2,1-2H3,(H,14,15,17). The number of benzene rings is 1. The molecule has 0 fully saturated rings. The average molecular weight is 250 g/mol. The van der Waals surface area contributed by atoms with Crippen molar-refractivity contribution in [1.29, 1.82) is 0 Å². The van der Waals surface area contributed by atoms with Crippen molar-refractivity contribution in [2.24, 2.45) is 5.73 Å². The van der Waals surface area contributed by atoms with Gasteiger partial charge in [-0.3, -0.25) is 19.7 Å². The molecule has 0 aliphatic carbocycles. The molecule has 2 amide bonds. The highest BCUT2D eigenvalue weighted by molar-refractivity contribution is 5.97. The molecule has 3 N–H and O–H groups in total. The molecule has 1 atom stereocenters. The fourth-order valence-electron chi connectivity index (χ4n) is 1.38. The molecule has 1 rings (SSSR count). The number of esters is 1. The van der Waals surface area contributed by atoms with Gasteiger partial charge >= 0.3 is 5.97 Å². The Morgan fingerprint density at radius 2 is 1.83 bits per heavy atom. The average Bonchev–Trinajstić information content (AvgIpc) is 2.27. The van der Waals surface area contributed by atoms with E-state index in [1.165, 1.54) is 19.9 Å². The Kier molecular flexibility index (Phi) is 4.56. The Bertz CT molecular complexity index is 485. The van der Waals surface area contributed by atoms with Crippen molar-refractivity contribution in [1.82, 2.24) is 5.32 Å². The van der Waals surface area contributed by atoms with E-state index in [2.05, 4.69) is 5.32 Å². The maximum absolute atomic E-state index is 11.6. The molecule has 1 aromatic rings. The molecule has 1 unspecified atom stereocenters. The van der Waals surface area contributed by atoms with Crippen LogP contribution in [0.15, 0.2) is 24.3 Å². The quantitative estimate of drug-likeness (QED) is 0.592. The summed E-state index contributed by atoms with van der Waals surface area (Å²) in [7, 11) is 0. The zero-order valence-corrected chi connectivity index (χ0v) is 10.1. The maximum Gasteiger partial charge on any atom is 0.308 e. The molecule has 6 nitrogen and oxygen atoms in total. The van der Waals surface area contributed by atoms with Crippen molar-refractivity contribution >= 4 is 17.8 Å². The number of nitrogens with two attached hydrogens (primary N) is 1. The second kappa shape index (κ2) is 5.92. The van der Waals surface area contributed by atoms with Crippen LogP contribution in [0, 0.1) is 0 Å². The lowest BCUT2D eigenvalue weighted by atomic mass is 10.1. The molecular weight excluding hydrogens is 236 g/mol. The maximum atomic E-state index is 11.6. The van der Waals surface area contributed by atoms with E-state index in [0.717, 1.165) is 0 Å². The van der Waals surface area contributed by atoms with Crippen LogP contribution in [-0.2, 0) is 14.4 Å². The first-order chi connectivity index (χ1) is 8.41. The van der Waals surface area contributed by atoms with Crippen LogP contribution in [0.25, 0.3) is 0 Å². The molecule has 18 heavy (non-hydrogen) atoms. The molecule has 0 heterocycles. The van der Waals surface area contributed by atoms with Crippen LogP contribution in [0.3, 0.4) is 0 Å². The minimum atomic E-state index is -1.08. The van der Waals surface area contributed by atoms with E-state index in [0.29, 0.717) is 5.56 Å². The third-order valence-corrected chi connectivity index (χ3v) is 2.09. The summed E-state index contributed by atoms with van der Waals surface area (Å²) in [6, 6.07) is 5.31. The predicted molar refractivity (Wildman–Crippen MR) is 63.5 cm³/mol. The van der Waals surface area contributed by atoms with E-state index < -0.39 is 23.8 Å². The lowest BCUT2D eigenvalue weighted by Gasteiger charge is -2.14. The molecule has 1 aromatic carbocycles. The number of hydrogen-bond acceptors (Lipinski definition) is 5. The summed E-state index contributed by atoms with van der Waals surface area (Å²) in [5, 5.41) is 2.08. The Morgan fingerprint density at radius 3 is 2.39 bits per heavy atom. The number of carbonyl (C=O) groups is 3. The summed E-state index contributed by atoms with van der Waals surface area (Å²) in [4.78, 5) is 33.3. The van der Waals surface area contributed by atoms with Crippen molar-refractivity contribution < 1.29 is 19.1 Å². The lowest BCUT2D eigenvalue weighted by Crippen LogP contribution is -2.37. The summed E-state index contributed by atoms with van der Waals surface area (Å²) < 4.78 is 4.94. The number of hydrogen-bond donors (Lipinski definition) is 2. The fraction of sp³-hybridized carbons (Fsp3) is 0.250. The van der Waals surface area contributed by atoms with Gasteiger partial charge in [0, 0.05) is 19.4 Å². The molecule has 0 bridgehead atoms. The monoisotopic (exact) mass is 250 g/mol. The van der Waals surface area contributed by atoms with Crippen LogP contribution in [0.2, 0.25) is 0 Å². The summed E-state index contributed by atoms with van der Waals surface area (Å²) in [6.45, 7) is 2.46. The second-order valence-corrected chi connectivity index (χ2v) is 3.65. The van der Waals surface area contributed by atoms with Crippen molar-refractivity contribution in [2.75, 3.05) is 0 Å². The number of ether oxygens (including phenoxy) is 1. The highest BCUT2D eigenvalue weighted by atomic mass is 16.5. The summed E-state index contributed by atoms with van der Waals surface area (Å²) in [5.74, 6) is -1.46. The zero-order valence-electron chi connectivity index (χ0n) is 10.1. The number of rotatable bonds is 3. The minimum absolute atomic E-state index is 0.205. The number of nitrogens with one attached hydrogen (secondary N) is 1. The summed E-state index contributed by atoms with van der Waals surface area (Å²) >= 11 is 0. The van der Waals surface area contributed by atoms with Gasteiger partial charge in [0.2, 0.25) is 11.8 Å². The van der Waals surface area contributed by atoms with Gasteiger partial charge in [-0.25, -0.2) is 0 Å². The number of carbonyl (C=O) groups excluding carboxylic acids is 3. The van der Waals surface area contributed by atoms with Gasteiger partial charge in [-0.15, -0.1) is 0 Å². The normalized spacial score (nSPS) is 11.5. The van der Waals surface area contributed by atoms with Gasteiger partial charge < -0.3 is 10.5 Å². The van der Waals surface area contributed by atoms with Crippen molar-refractivity contribution in [3.8, 4) is 5.75 Å². The van der Waals surface area contributed by atoms with Crippen LogP contribution in [0.5, 0.6) is 5.75 Å². The van der Waals surface area contributed by atoms with Crippen LogP contribution < -0.4 is 15.8 Å². The van der Waals surface area contributed by atoms with Crippen molar-refractivity contribution in [3.05, 3.63) is 29.8 Å². The Morgan fingerprint density at radius 1 is 1.22 bits per heavy atom. The van der Waals surface area contributed by atoms with Gasteiger partial charge in [-0.05, 0) is 6.07 Å². The van der Waals surface area contributed by atoms with Crippen LogP contribution in [0.1, 0.15) is 25.5 Å². The van der Waals surface area contributed by atoms with Crippen LogP contribution >= 0.6 is 0 Å². The van der Waals surface area contributed by atoms with Gasteiger partial charge in [-0.2, -0.15) is 0 Å². The molecule has 0 radical (unpaired) electrons. The van der Waals surface area contributed by atoms with E-state index >= 15 is 0 Å². The third-order valence-electron chi connectivity index (χ3n) is 2.09. The summed E-state index contributed by atoms with van der Waals surface area (Å²) in [6.07, 6.45) is 0. The van der Waals surface area contributed by atoms with Gasteiger partial charge in [-0.1, -0.05) is 18.2 Å². The van der Waals surface area contributed by atoms with E-state index in [1.807, 2.05) is 0 Å². The topological polar surface area (TPSA) is 98.5 Å². The third kappa shape index (κ3) is 3.67. The Labute approximate surface area is 104 Å². The predicted octanol–water partition coefficient (Wildman–Crippen LogP) is 0.274. The van der Waals surface area contributed by atoms with Crippen LogP contribution in [-0.4, -0.2) is 17.8 Å². The van der Waals surface area contributed by atoms with Gasteiger partial charge in [0.1, 0.15) is 11.8 Å². The smallest absolute Gasteiger partial charge is 0.308 e. The zero-order chi connectivity index (χ0) is 13.7. The SMILES string of the molecule is CC(=O)NC(=O)C(N)c1ccccc1OC(C)=O. The van der Waals surface area contributed by atoms with E-state index in [1.54, 1.807) is 18.2 Å². The first-order valence-electron chi connectivity index (χ1n) is 5.26. The number of imide groups is 1.